The Morgan fingerprint density at radius 3 is 2.36 bits per heavy atom. The summed E-state index contributed by atoms with van der Waals surface area (Å²) in [6.07, 6.45) is 2.76. The number of aromatic amines is 1. The molecule has 0 saturated heterocycles. The first-order valence-corrected chi connectivity index (χ1v) is 13.3. The largest absolute Gasteiger partial charge is 0.343 e. The van der Waals surface area contributed by atoms with Crippen LogP contribution in [0.2, 0.25) is 5.15 Å². The minimum atomic E-state index is -0.158. The molecule has 0 bridgehead atoms. The monoisotopic (exact) mass is 539 g/mol. The molecule has 0 fully saturated rings. The summed E-state index contributed by atoms with van der Waals surface area (Å²) in [7, 11) is 3.45. The topological polar surface area (TPSA) is 92.6 Å². The normalized spacial score (nSPS) is 11.1. The zero-order valence-corrected chi connectivity index (χ0v) is 23.0. The van der Waals surface area contributed by atoms with E-state index >= 15 is 0 Å². The van der Waals surface area contributed by atoms with Crippen LogP contribution < -0.4 is 0 Å². The molecule has 0 aliphatic rings. The molecule has 198 valence electrons. The number of nitrogens with zero attached hydrogens (tertiary/aromatic N) is 6. The average Bonchev–Trinajstić information content (AvgIpc) is 3.60. The highest BCUT2D eigenvalue weighted by Crippen LogP contribution is 2.34. The number of rotatable bonds is 9. The van der Waals surface area contributed by atoms with E-state index in [9.17, 15) is 4.79 Å². The first-order chi connectivity index (χ1) is 19.0. The Balaban J connectivity index is 1.52. The number of hydrogen-bond acceptors (Lipinski definition) is 5. The van der Waals surface area contributed by atoms with E-state index in [0.29, 0.717) is 18.1 Å². The van der Waals surface area contributed by atoms with Crippen molar-refractivity contribution < 1.29 is 4.79 Å². The molecule has 5 aromatic rings. The minimum absolute atomic E-state index is 0.158. The number of amides is 1. The van der Waals surface area contributed by atoms with Gasteiger partial charge < -0.3 is 9.47 Å². The van der Waals surface area contributed by atoms with Crippen molar-refractivity contribution in [3.63, 3.8) is 0 Å². The Bertz CT molecular complexity index is 1560. The third-order valence-electron chi connectivity index (χ3n) is 6.69. The van der Waals surface area contributed by atoms with E-state index in [-0.39, 0.29) is 11.1 Å². The predicted molar refractivity (Wildman–Crippen MR) is 153 cm³/mol. The molecular formula is C30H30ClN7O. The van der Waals surface area contributed by atoms with Crippen LogP contribution in [0.1, 0.15) is 41.6 Å². The summed E-state index contributed by atoms with van der Waals surface area (Å²) in [5.74, 6) is 1.20. The lowest BCUT2D eigenvalue weighted by Crippen LogP contribution is -2.25. The van der Waals surface area contributed by atoms with E-state index in [4.69, 9.17) is 11.6 Å². The van der Waals surface area contributed by atoms with Gasteiger partial charge in [-0.3, -0.25) is 4.79 Å². The van der Waals surface area contributed by atoms with Gasteiger partial charge in [0.2, 0.25) is 5.82 Å². The number of aromatic nitrogens is 6. The number of tetrazole rings is 1. The number of unbranched alkanes of at least 4 members (excludes halogenated alkanes) is 1. The first-order valence-electron chi connectivity index (χ1n) is 13.0. The molecule has 0 atom stereocenters. The van der Waals surface area contributed by atoms with Crippen LogP contribution in [0.25, 0.3) is 33.6 Å². The fraction of sp³-hybridized carbons (Fsp3) is 0.233. The van der Waals surface area contributed by atoms with Crippen LogP contribution in [0.15, 0.2) is 72.8 Å². The second-order valence-corrected chi connectivity index (χ2v) is 9.97. The van der Waals surface area contributed by atoms with Crippen molar-refractivity contribution in [3.05, 3.63) is 95.0 Å². The van der Waals surface area contributed by atoms with E-state index in [0.717, 1.165) is 58.5 Å². The average molecular weight is 540 g/mol. The molecule has 39 heavy (non-hydrogen) atoms. The number of carbonyl (C=O) groups is 1. The smallest absolute Gasteiger partial charge is 0.273 e. The van der Waals surface area contributed by atoms with Crippen LogP contribution in [0.4, 0.5) is 0 Å². The maximum absolute atomic E-state index is 13.0. The van der Waals surface area contributed by atoms with Crippen LogP contribution >= 0.6 is 11.6 Å². The van der Waals surface area contributed by atoms with Gasteiger partial charge in [0.1, 0.15) is 11.5 Å². The molecule has 1 N–H and O–H groups in total. The van der Waals surface area contributed by atoms with Gasteiger partial charge in [0.25, 0.3) is 5.91 Å². The lowest BCUT2D eigenvalue weighted by Gasteiger charge is -2.16. The molecule has 5 rings (SSSR count). The molecule has 2 aromatic heterocycles. The molecule has 1 amide bonds. The number of imidazole rings is 1. The molecule has 0 radical (unpaired) electrons. The number of benzene rings is 3. The molecule has 2 heterocycles. The number of halogens is 1. The van der Waals surface area contributed by atoms with Crippen LogP contribution in [0.3, 0.4) is 0 Å². The van der Waals surface area contributed by atoms with Crippen molar-refractivity contribution in [2.75, 3.05) is 14.1 Å². The van der Waals surface area contributed by atoms with Crippen molar-refractivity contribution >= 4 is 17.5 Å². The summed E-state index contributed by atoms with van der Waals surface area (Å²) in [4.78, 5) is 19.0. The molecule has 9 heteroatoms. The van der Waals surface area contributed by atoms with Gasteiger partial charge in [-0.1, -0.05) is 85.6 Å². The molecule has 0 spiro atoms. The maximum atomic E-state index is 13.0. The molecular weight excluding hydrogens is 510 g/mol. The number of aryl methyl sites for hydroxylation is 1. The SMILES string of the molecule is CCCCc1nc(Cl)c(C(=O)N(C)C)n1Cc1ccc(-c2cc(-c3ccccc3)ccc2-c2nn[nH]n2)cc1. The number of nitrogens with one attached hydrogen (secondary N) is 1. The highest BCUT2D eigenvalue weighted by molar-refractivity contribution is 6.32. The highest BCUT2D eigenvalue weighted by atomic mass is 35.5. The Morgan fingerprint density at radius 2 is 1.69 bits per heavy atom. The lowest BCUT2D eigenvalue weighted by molar-refractivity contribution is 0.0817. The zero-order chi connectivity index (χ0) is 27.4. The van der Waals surface area contributed by atoms with Gasteiger partial charge in [0.15, 0.2) is 5.15 Å². The second-order valence-electron chi connectivity index (χ2n) is 9.62. The van der Waals surface area contributed by atoms with E-state index in [2.05, 4.69) is 81.1 Å². The van der Waals surface area contributed by atoms with E-state index in [1.807, 2.05) is 28.8 Å². The Kier molecular flexibility index (Phi) is 7.84. The van der Waals surface area contributed by atoms with Crippen molar-refractivity contribution in [2.24, 2.45) is 0 Å². The van der Waals surface area contributed by atoms with Crippen molar-refractivity contribution in [3.8, 4) is 33.6 Å². The van der Waals surface area contributed by atoms with Crippen LogP contribution in [-0.4, -0.2) is 55.1 Å². The summed E-state index contributed by atoms with van der Waals surface area (Å²) in [6.45, 7) is 2.63. The van der Waals surface area contributed by atoms with Crippen molar-refractivity contribution in [1.82, 2.24) is 35.1 Å². The number of hydrogen-bond donors (Lipinski definition) is 1. The van der Waals surface area contributed by atoms with E-state index in [1.54, 1.807) is 14.1 Å². The Morgan fingerprint density at radius 1 is 0.949 bits per heavy atom. The van der Waals surface area contributed by atoms with Gasteiger partial charge in [-0.05, 0) is 51.6 Å². The molecule has 3 aromatic carbocycles. The first kappa shape index (κ1) is 26.3. The van der Waals surface area contributed by atoms with Crippen LogP contribution in [0.5, 0.6) is 0 Å². The number of H-pyrrole nitrogens is 1. The fourth-order valence-electron chi connectivity index (χ4n) is 4.62. The second kappa shape index (κ2) is 11.6. The van der Waals surface area contributed by atoms with E-state index in [1.165, 1.54) is 4.90 Å². The summed E-state index contributed by atoms with van der Waals surface area (Å²) in [5.41, 5.74) is 6.61. The third-order valence-corrected chi connectivity index (χ3v) is 6.95. The van der Waals surface area contributed by atoms with Crippen molar-refractivity contribution in [2.45, 2.75) is 32.7 Å². The van der Waals surface area contributed by atoms with Gasteiger partial charge in [-0.25, -0.2) is 4.98 Å². The van der Waals surface area contributed by atoms with Gasteiger partial charge in [0, 0.05) is 32.6 Å². The van der Waals surface area contributed by atoms with Gasteiger partial charge in [-0.2, -0.15) is 5.21 Å². The minimum Gasteiger partial charge on any atom is -0.343 e. The van der Waals surface area contributed by atoms with Gasteiger partial charge >= 0.3 is 0 Å². The Hall–Kier alpha value is -4.30. The summed E-state index contributed by atoms with van der Waals surface area (Å²) < 4.78 is 1.95. The number of carbonyl (C=O) groups excluding carboxylic acids is 1. The quantitative estimate of drug-likeness (QED) is 0.243. The highest BCUT2D eigenvalue weighted by Gasteiger charge is 2.23. The fourth-order valence-corrected chi connectivity index (χ4v) is 4.90. The summed E-state index contributed by atoms with van der Waals surface area (Å²) >= 11 is 6.47. The molecule has 8 nitrogen and oxygen atoms in total. The van der Waals surface area contributed by atoms with Crippen LogP contribution in [-0.2, 0) is 13.0 Å². The standard InChI is InChI=1S/C30H30ClN7O/c1-4-5-11-26-32-28(31)27(30(39)37(2)3)38(26)19-20-12-14-22(15-13-20)25-18-23(21-9-7-6-8-10-21)16-17-24(25)29-33-35-36-34-29/h6-10,12-18H,4-5,11,19H2,1-3H3,(H,33,34,35,36). The zero-order valence-electron chi connectivity index (χ0n) is 22.2. The third kappa shape index (κ3) is 5.61. The summed E-state index contributed by atoms with van der Waals surface area (Å²) in [5, 5.41) is 15.0. The van der Waals surface area contributed by atoms with Crippen LogP contribution in [0, 0.1) is 0 Å². The van der Waals surface area contributed by atoms with Gasteiger partial charge in [0.05, 0.1) is 0 Å². The summed E-state index contributed by atoms with van der Waals surface area (Å²) in [6, 6.07) is 24.8. The van der Waals surface area contributed by atoms with Crippen molar-refractivity contribution in [1.29, 1.82) is 0 Å². The van der Waals surface area contributed by atoms with E-state index < -0.39 is 0 Å². The molecule has 0 aliphatic carbocycles. The molecule has 0 aliphatic heterocycles. The lowest BCUT2D eigenvalue weighted by atomic mass is 9.93. The maximum Gasteiger partial charge on any atom is 0.273 e. The molecule has 0 saturated carbocycles. The van der Waals surface area contributed by atoms with Gasteiger partial charge in [-0.15, -0.1) is 10.2 Å². The Labute approximate surface area is 232 Å². The predicted octanol–water partition coefficient (Wildman–Crippen LogP) is 6.14. The molecule has 0 unspecified atom stereocenters.